The third kappa shape index (κ3) is 2.77. The van der Waals surface area contributed by atoms with Crippen LogP contribution in [0.5, 0.6) is 0 Å². The fraction of sp³-hybridized carbons (Fsp3) is 0.647. The maximum Gasteiger partial charge on any atom is 0.0354 e. The largest absolute Gasteiger partial charge is 0.310 e. The number of benzene rings is 1. The molecule has 0 radical (unpaired) electrons. The molecule has 1 aromatic carbocycles. The van der Waals surface area contributed by atoms with E-state index in [1.165, 1.54) is 35.1 Å². The average Bonchev–Trinajstić information content (AvgIpc) is 3.03. The van der Waals surface area contributed by atoms with Gasteiger partial charge >= 0.3 is 0 Å². The summed E-state index contributed by atoms with van der Waals surface area (Å²) in [6, 6.07) is 5.32. The summed E-state index contributed by atoms with van der Waals surface area (Å²) < 4.78 is 0. The minimum Gasteiger partial charge on any atom is -0.310 e. The minimum atomic E-state index is 0.569. The van der Waals surface area contributed by atoms with Gasteiger partial charge in [-0.05, 0) is 74.2 Å². The van der Waals surface area contributed by atoms with Crippen molar-refractivity contribution >= 4 is 0 Å². The average molecular weight is 245 g/mol. The van der Waals surface area contributed by atoms with Crippen LogP contribution in [-0.4, -0.2) is 6.54 Å². The first-order valence-corrected chi connectivity index (χ1v) is 7.35. The Balaban J connectivity index is 2.27. The number of hydrogen-bond donors (Lipinski definition) is 1. The van der Waals surface area contributed by atoms with Gasteiger partial charge in [0.2, 0.25) is 0 Å². The molecule has 0 saturated heterocycles. The smallest absolute Gasteiger partial charge is 0.0354 e. The zero-order valence-corrected chi connectivity index (χ0v) is 12.5. The van der Waals surface area contributed by atoms with Gasteiger partial charge in [0.1, 0.15) is 0 Å². The van der Waals surface area contributed by atoms with Gasteiger partial charge in [0.15, 0.2) is 0 Å². The van der Waals surface area contributed by atoms with Gasteiger partial charge in [-0.25, -0.2) is 0 Å². The summed E-state index contributed by atoms with van der Waals surface area (Å²) in [4.78, 5) is 0. The molecule has 3 atom stereocenters. The Bertz CT molecular complexity index is 422. The molecule has 1 aliphatic carbocycles. The van der Waals surface area contributed by atoms with Crippen LogP contribution in [0, 0.1) is 32.6 Å². The number of nitrogens with one attached hydrogen (secondary N) is 1. The first-order valence-electron chi connectivity index (χ1n) is 7.35. The molecule has 0 aromatic heterocycles. The van der Waals surface area contributed by atoms with Crippen LogP contribution in [0.15, 0.2) is 12.1 Å². The molecular weight excluding hydrogens is 218 g/mol. The molecule has 3 unspecified atom stereocenters. The van der Waals surface area contributed by atoms with E-state index in [-0.39, 0.29) is 0 Å². The van der Waals surface area contributed by atoms with Crippen LogP contribution in [0.2, 0.25) is 0 Å². The highest BCUT2D eigenvalue weighted by Gasteiger charge is 2.40. The van der Waals surface area contributed by atoms with Crippen LogP contribution in [0.1, 0.15) is 55.0 Å². The fourth-order valence-corrected chi connectivity index (χ4v) is 2.93. The van der Waals surface area contributed by atoms with Crippen LogP contribution in [-0.2, 0) is 0 Å². The van der Waals surface area contributed by atoms with Gasteiger partial charge in [-0.2, -0.15) is 0 Å². The summed E-state index contributed by atoms with van der Waals surface area (Å²) in [5.41, 5.74) is 5.81. The van der Waals surface area contributed by atoms with Gasteiger partial charge in [0, 0.05) is 6.04 Å². The Morgan fingerprint density at radius 3 is 2.33 bits per heavy atom. The second-order valence-corrected chi connectivity index (χ2v) is 6.10. The van der Waals surface area contributed by atoms with E-state index >= 15 is 0 Å². The summed E-state index contributed by atoms with van der Waals surface area (Å²) in [5, 5.41) is 3.77. The lowest BCUT2D eigenvalue weighted by molar-refractivity contribution is 0.461. The van der Waals surface area contributed by atoms with Crippen molar-refractivity contribution in [3.8, 4) is 0 Å². The van der Waals surface area contributed by atoms with Gasteiger partial charge in [-0.3, -0.25) is 0 Å². The predicted octanol–water partition coefficient (Wildman–Crippen LogP) is 4.31. The number of rotatable bonds is 5. The summed E-state index contributed by atoms with van der Waals surface area (Å²) in [5.74, 6) is 1.73. The zero-order chi connectivity index (χ0) is 13.3. The highest BCUT2D eigenvalue weighted by molar-refractivity contribution is 5.39. The van der Waals surface area contributed by atoms with Crippen molar-refractivity contribution in [1.29, 1.82) is 0 Å². The Kier molecular flexibility index (Phi) is 4.11. The van der Waals surface area contributed by atoms with E-state index in [9.17, 15) is 0 Å². The van der Waals surface area contributed by atoms with Crippen molar-refractivity contribution in [3.05, 3.63) is 34.4 Å². The molecule has 1 saturated carbocycles. The maximum absolute atomic E-state index is 3.77. The third-order valence-electron chi connectivity index (χ3n) is 4.43. The molecule has 2 rings (SSSR count). The van der Waals surface area contributed by atoms with Crippen LogP contribution >= 0.6 is 0 Å². The van der Waals surface area contributed by atoms with E-state index in [1.807, 2.05) is 0 Å². The second kappa shape index (κ2) is 5.44. The van der Waals surface area contributed by atoms with Crippen LogP contribution in [0.3, 0.4) is 0 Å². The molecule has 0 amide bonds. The van der Waals surface area contributed by atoms with E-state index in [1.54, 1.807) is 0 Å². The van der Waals surface area contributed by atoms with Gasteiger partial charge in [-0.1, -0.05) is 26.0 Å². The van der Waals surface area contributed by atoms with Crippen molar-refractivity contribution in [3.63, 3.8) is 0 Å². The molecule has 0 bridgehead atoms. The lowest BCUT2D eigenvalue weighted by atomic mass is 9.92. The van der Waals surface area contributed by atoms with E-state index < -0.39 is 0 Å². The Labute approximate surface area is 112 Å². The highest BCUT2D eigenvalue weighted by Crippen LogP contribution is 2.47. The molecule has 0 spiro atoms. The molecule has 100 valence electrons. The topological polar surface area (TPSA) is 12.0 Å². The van der Waals surface area contributed by atoms with Gasteiger partial charge < -0.3 is 5.32 Å². The highest BCUT2D eigenvalue weighted by atomic mass is 14.9. The first-order chi connectivity index (χ1) is 8.54. The molecule has 1 aromatic rings. The molecule has 1 nitrogen and oxygen atoms in total. The molecular formula is C17H27N. The van der Waals surface area contributed by atoms with E-state index in [0.29, 0.717) is 6.04 Å². The summed E-state index contributed by atoms with van der Waals surface area (Å²) >= 11 is 0. The van der Waals surface area contributed by atoms with Crippen LogP contribution < -0.4 is 5.32 Å². The lowest BCUT2D eigenvalue weighted by Gasteiger charge is -2.22. The maximum atomic E-state index is 3.77. The van der Waals surface area contributed by atoms with Crippen molar-refractivity contribution in [1.82, 2.24) is 5.32 Å². The Morgan fingerprint density at radius 2 is 1.78 bits per heavy atom. The van der Waals surface area contributed by atoms with E-state index in [2.05, 4.69) is 52.1 Å². The van der Waals surface area contributed by atoms with Crippen molar-refractivity contribution < 1.29 is 0 Å². The molecule has 0 heterocycles. The van der Waals surface area contributed by atoms with E-state index in [0.717, 1.165) is 18.4 Å². The van der Waals surface area contributed by atoms with Crippen LogP contribution in [0.4, 0.5) is 0 Å². The molecule has 0 aliphatic heterocycles. The summed E-state index contributed by atoms with van der Waals surface area (Å²) in [7, 11) is 0. The quantitative estimate of drug-likeness (QED) is 0.815. The zero-order valence-electron chi connectivity index (χ0n) is 12.5. The van der Waals surface area contributed by atoms with Crippen molar-refractivity contribution in [2.75, 3.05) is 6.54 Å². The van der Waals surface area contributed by atoms with Gasteiger partial charge in [-0.15, -0.1) is 0 Å². The standard InChI is InChI=1S/C17H27N/c1-6-7-18-17(16-10-14(16)5)15-9-12(3)11(2)8-13(15)4/h8-9,14,16-18H,6-7,10H2,1-5H3. The van der Waals surface area contributed by atoms with Gasteiger partial charge in [0.05, 0.1) is 0 Å². The lowest BCUT2D eigenvalue weighted by Crippen LogP contribution is -2.25. The Hall–Kier alpha value is -0.820. The minimum absolute atomic E-state index is 0.569. The molecule has 1 aliphatic rings. The van der Waals surface area contributed by atoms with Gasteiger partial charge in [0.25, 0.3) is 0 Å². The second-order valence-electron chi connectivity index (χ2n) is 6.10. The van der Waals surface area contributed by atoms with E-state index in [4.69, 9.17) is 0 Å². The fourth-order valence-electron chi connectivity index (χ4n) is 2.93. The SMILES string of the molecule is CCCNC(c1cc(C)c(C)cc1C)C1CC1C. The summed E-state index contributed by atoms with van der Waals surface area (Å²) in [6.07, 6.45) is 2.59. The number of hydrogen-bond acceptors (Lipinski definition) is 1. The van der Waals surface area contributed by atoms with Crippen molar-refractivity contribution in [2.45, 2.75) is 53.5 Å². The normalized spacial score (nSPS) is 24.1. The third-order valence-corrected chi connectivity index (χ3v) is 4.43. The van der Waals surface area contributed by atoms with Crippen LogP contribution in [0.25, 0.3) is 0 Å². The first kappa shape index (κ1) is 13.6. The molecule has 18 heavy (non-hydrogen) atoms. The Morgan fingerprint density at radius 1 is 1.17 bits per heavy atom. The molecule has 1 N–H and O–H groups in total. The summed E-state index contributed by atoms with van der Waals surface area (Å²) in [6.45, 7) is 12.4. The van der Waals surface area contributed by atoms with Crippen molar-refractivity contribution in [2.24, 2.45) is 11.8 Å². The predicted molar refractivity (Wildman–Crippen MR) is 79.0 cm³/mol. The molecule has 1 heteroatoms. The monoisotopic (exact) mass is 245 g/mol. The molecule has 1 fully saturated rings. The number of aryl methyl sites for hydroxylation is 3.